The number of rotatable bonds is 3. The summed E-state index contributed by atoms with van der Waals surface area (Å²) in [6.45, 7) is 0.784. The Morgan fingerprint density at radius 1 is 1.33 bits per heavy atom. The van der Waals surface area contributed by atoms with Gasteiger partial charge in [-0.1, -0.05) is 12.1 Å². The highest BCUT2D eigenvalue weighted by atomic mass is 32.2. The molecular weight excluding hydrogens is 268 g/mol. The maximum Gasteiger partial charge on any atom is 0.285 e. The summed E-state index contributed by atoms with van der Waals surface area (Å²) in [6.07, 6.45) is 3.73. The van der Waals surface area contributed by atoms with Crippen molar-refractivity contribution >= 4 is 34.7 Å². The Bertz CT molecular complexity index is 606. The van der Waals surface area contributed by atoms with Gasteiger partial charge in [-0.05, 0) is 36.1 Å². The normalized spacial score (nSPS) is 22.6. The fourth-order valence-corrected chi connectivity index (χ4v) is 3.65. The van der Waals surface area contributed by atoms with Gasteiger partial charge in [0, 0.05) is 6.54 Å². The third-order valence-corrected chi connectivity index (χ3v) is 5.52. The lowest BCUT2D eigenvalue weighted by atomic mass is 10.1. The zero-order chi connectivity index (χ0) is 12.8. The Kier molecular flexibility index (Phi) is 2.67. The van der Waals surface area contributed by atoms with E-state index in [0.717, 1.165) is 30.8 Å². The lowest BCUT2D eigenvalue weighted by Gasteiger charge is -2.28. The molecule has 1 aromatic rings. The summed E-state index contributed by atoms with van der Waals surface area (Å²) in [5.74, 6) is 0.826. The Morgan fingerprint density at radius 2 is 2.06 bits per heavy atom. The fraction of sp³-hybridized carbons (Fsp3) is 0.417. The number of nitrogens with zero attached hydrogens (tertiary/aromatic N) is 2. The number of thiol groups is 1. The van der Waals surface area contributed by atoms with E-state index in [1.807, 2.05) is 17.0 Å². The molecule has 1 saturated carbocycles. The van der Waals surface area contributed by atoms with Crippen LogP contribution in [0.5, 0.6) is 0 Å². The molecule has 18 heavy (non-hydrogen) atoms. The van der Waals surface area contributed by atoms with Gasteiger partial charge in [0.05, 0.1) is 5.69 Å². The van der Waals surface area contributed by atoms with Gasteiger partial charge in [0.1, 0.15) is 11.2 Å². The van der Waals surface area contributed by atoms with E-state index in [-0.39, 0.29) is 5.41 Å². The summed E-state index contributed by atoms with van der Waals surface area (Å²) in [5, 5.41) is 0. The number of sulfonamides is 1. The summed E-state index contributed by atoms with van der Waals surface area (Å²) in [7, 11) is -3.51. The van der Waals surface area contributed by atoms with Gasteiger partial charge in [-0.15, -0.1) is 4.40 Å². The molecule has 0 spiro atoms. The van der Waals surface area contributed by atoms with Gasteiger partial charge in [0.15, 0.2) is 0 Å². The Labute approximate surface area is 112 Å². The average Bonchev–Trinajstić information content (AvgIpc) is 3.14. The standard InChI is InChI=1S/C12H14N2O2S2/c15-18(16)11-4-2-1-3-10(11)14(9-13-18)7-12(8-17)5-6-12/h1-4,9,17H,5-8H2. The number of benzene rings is 1. The van der Waals surface area contributed by atoms with Crippen LogP contribution in [0.1, 0.15) is 12.8 Å². The van der Waals surface area contributed by atoms with E-state index in [2.05, 4.69) is 17.0 Å². The molecule has 0 unspecified atom stereocenters. The van der Waals surface area contributed by atoms with Crippen LogP contribution in [0.3, 0.4) is 0 Å². The topological polar surface area (TPSA) is 49.7 Å². The molecule has 2 aliphatic rings. The molecule has 0 bridgehead atoms. The second-order valence-electron chi connectivity index (χ2n) is 4.95. The molecule has 1 fully saturated rings. The number of para-hydroxylation sites is 1. The molecule has 1 aliphatic heterocycles. The average molecular weight is 282 g/mol. The second-order valence-corrected chi connectivity index (χ2v) is 6.87. The highest BCUT2D eigenvalue weighted by Crippen LogP contribution is 2.48. The third-order valence-electron chi connectivity index (χ3n) is 3.58. The number of fused-ring (bicyclic) bond motifs is 1. The summed E-state index contributed by atoms with van der Waals surface area (Å²) in [4.78, 5) is 2.22. The Morgan fingerprint density at radius 3 is 2.72 bits per heavy atom. The molecule has 0 amide bonds. The minimum Gasteiger partial charge on any atom is -0.330 e. The van der Waals surface area contributed by atoms with Gasteiger partial charge in [0.25, 0.3) is 10.0 Å². The van der Waals surface area contributed by atoms with Crippen molar-refractivity contribution in [1.29, 1.82) is 0 Å². The van der Waals surface area contributed by atoms with Crippen LogP contribution in [0, 0.1) is 5.41 Å². The van der Waals surface area contributed by atoms with E-state index in [9.17, 15) is 8.42 Å². The maximum absolute atomic E-state index is 11.8. The molecule has 96 valence electrons. The molecule has 6 heteroatoms. The molecule has 0 atom stereocenters. The van der Waals surface area contributed by atoms with Crippen molar-refractivity contribution in [1.82, 2.24) is 0 Å². The smallest absolute Gasteiger partial charge is 0.285 e. The van der Waals surface area contributed by atoms with Crippen LogP contribution in [-0.2, 0) is 10.0 Å². The van der Waals surface area contributed by atoms with Crippen molar-refractivity contribution in [3.05, 3.63) is 24.3 Å². The van der Waals surface area contributed by atoms with Gasteiger partial charge < -0.3 is 4.90 Å². The van der Waals surface area contributed by atoms with Crippen molar-refractivity contribution in [3.63, 3.8) is 0 Å². The molecule has 0 saturated heterocycles. The Hall–Kier alpha value is -1.01. The minimum atomic E-state index is -3.51. The first-order valence-electron chi connectivity index (χ1n) is 5.83. The van der Waals surface area contributed by atoms with Crippen LogP contribution in [0.25, 0.3) is 0 Å². The van der Waals surface area contributed by atoms with Crippen LogP contribution in [0.15, 0.2) is 33.6 Å². The van der Waals surface area contributed by atoms with E-state index in [0.29, 0.717) is 4.90 Å². The SMILES string of the molecule is O=S1(=O)N=CN(CC2(CS)CC2)c2ccccc21. The van der Waals surface area contributed by atoms with E-state index in [4.69, 9.17) is 0 Å². The highest BCUT2D eigenvalue weighted by Gasteiger charge is 2.43. The van der Waals surface area contributed by atoms with E-state index >= 15 is 0 Å². The molecule has 4 nitrogen and oxygen atoms in total. The van der Waals surface area contributed by atoms with Crippen molar-refractivity contribution in [2.45, 2.75) is 17.7 Å². The second kappa shape index (κ2) is 3.99. The summed E-state index contributed by atoms with van der Waals surface area (Å²) < 4.78 is 27.3. The lowest BCUT2D eigenvalue weighted by Crippen LogP contribution is -2.33. The van der Waals surface area contributed by atoms with Gasteiger partial charge in [-0.25, -0.2) is 0 Å². The van der Waals surface area contributed by atoms with E-state index < -0.39 is 10.0 Å². The predicted molar refractivity (Wildman–Crippen MR) is 75.0 cm³/mol. The zero-order valence-corrected chi connectivity index (χ0v) is 11.5. The fourth-order valence-electron chi connectivity index (χ4n) is 2.18. The molecular formula is C12H14N2O2S2. The zero-order valence-electron chi connectivity index (χ0n) is 9.78. The van der Waals surface area contributed by atoms with Gasteiger partial charge in [-0.2, -0.15) is 21.0 Å². The number of hydrogen-bond donors (Lipinski definition) is 1. The summed E-state index contributed by atoms with van der Waals surface area (Å²) >= 11 is 4.38. The monoisotopic (exact) mass is 282 g/mol. The quantitative estimate of drug-likeness (QED) is 0.862. The van der Waals surface area contributed by atoms with Crippen molar-refractivity contribution in [3.8, 4) is 0 Å². The van der Waals surface area contributed by atoms with Gasteiger partial charge in [0.2, 0.25) is 0 Å². The molecule has 0 aromatic heterocycles. The van der Waals surface area contributed by atoms with E-state index in [1.54, 1.807) is 12.1 Å². The minimum absolute atomic E-state index is 0.226. The van der Waals surface area contributed by atoms with Crippen LogP contribution in [0.2, 0.25) is 0 Å². The van der Waals surface area contributed by atoms with Crippen molar-refractivity contribution < 1.29 is 8.42 Å². The first-order valence-corrected chi connectivity index (χ1v) is 7.91. The lowest BCUT2D eigenvalue weighted by molar-refractivity contribution is 0.585. The predicted octanol–water partition coefficient (Wildman–Crippen LogP) is 1.93. The number of hydrogen-bond acceptors (Lipinski definition) is 4. The molecule has 1 aliphatic carbocycles. The first-order chi connectivity index (χ1) is 8.56. The largest absolute Gasteiger partial charge is 0.330 e. The van der Waals surface area contributed by atoms with E-state index in [1.165, 1.54) is 6.34 Å². The van der Waals surface area contributed by atoms with Crippen molar-refractivity contribution in [2.24, 2.45) is 9.81 Å². The molecule has 0 radical (unpaired) electrons. The molecule has 1 aromatic carbocycles. The molecule has 1 heterocycles. The highest BCUT2D eigenvalue weighted by molar-refractivity contribution is 7.90. The summed E-state index contributed by atoms with van der Waals surface area (Å²) in [6, 6.07) is 7.00. The summed E-state index contributed by atoms with van der Waals surface area (Å²) in [5.41, 5.74) is 0.948. The van der Waals surface area contributed by atoms with Gasteiger partial charge in [-0.3, -0.25) is 0 Å². The van der Waals surface area contributed by atoms with Crippen LogP contribution in [-0.4, -0.2) is 27.1 Å². The Balaban J connectivity index is 1.99. The first kappa shape index (κ1) is 12.0. The van der Waals surface area contributed by atoms with Crippen LogP contribution < -0.4 is 4.90 Å². The number of anilines is 1. The van der Waals surface area contributed by atoms with Crippen LogP contribution >= 0.6 is 12.6 Å². The van der Waals surface area contributed by atoms with Gasteiger partial charge >= 0.3 is 0 Å². The molecule has 0 N–H and O–H groups in total. The van der Waals surface area contributed by atoms with Crippen molar-refractivity contribution in [2.75, 3.05) is 17.2 Å². The molecule has 3 rings (SSSR count). The van der Waals surface area contributed by atoms with Crippen LogP contribution in [0.4, 0.5) is 5.69 Å². The maximum atomic E-state index is 11.8. The third kappa shape index (κ3) is 1.93.